The lowest BCUT2D eigenvalue weighted by Gasteiger charge is -2.38. The molecule has 188 valence electrons. The van der Waals surface area contributed by atoms with E-state index in [2.05, 4.69) is 47.6 Å². The normalized spacial score (nSPS) is 17.1. The van der Waals surface area contributed by atoms with Crippen molar-refractivity contribution in [1.82, 2.24) is 15.2 Å². The lowest BCUT2D eigenvalue weighted by molar-refractivity contribution is -0.134. The third-order valence-corrected chi connectivity index (χ3v) is 6.77. The third kappa shape index (κ3) is 5.30. The summed E-state index contributed by atoms with van der Waals surface area (Å²) in [5.41, 5.74) is 4.87. The fourth-order valence-electron chi connectivity index (χ4n) is 4.61. The second kappa shape index (κ2) is 10.2. The number of aryl methyl sites for hydroxylation is 1. The van der Waals surface area contributed by atoms with Gasteiger partial charge < -0.3 is 19.4 Å². The number of oxazole rings is 1. The van der Waals surface area contributed by atoms with Gasteiger partial charge in [0.1, 0.15) is 12.0 Å². The highest BCUT2D eigenvalue weighted by atomic mass is 16.5. The van der Waals surface area contributed by atoms with E-state index in [-0.39, 0.29) is 36.1 Å². The van der Waals surface area contributed by atoms with Crippen LogP contribution in [0.5, 0.6) is 5.75 Å². The fraction of sp³-hybridized carbons (Fsp3) is 0.414. The standard InChI is InChI=1S/C29H33N3O4/c1-18(2)15-30-28(33)25-16-36-26(31-25)17-35-23-11-10-20-12-13-32(29(34)22-8-9-22)27(24(20)14-23)21-6-4-19(3)5-7-21/h4-7,10-11,14,16,18,22,27H,8-9,12-13,15,17H2,1-3H3,(H,30,33)/t27-/m1/s1. The molecule has 36 heavy (non-hydrogen) atoms. The smallest absolute Gasteiger partial charge is 0.273 e. The highest BCUT2D eigenvalue weighted by Crippen LogP contribution is 2.41. The van der Waals surface area contributed by atoms with E-state index in [1.807, 2.05) is 30.9 Å². The zero-order valence-electron chi connectivity index (χ0n) is 21.1. The van der Waals surface area contributed by atoms with Gasteiger partial charge in [0.25, 0.3) is 5.91 Å². The summed E-state index contributed by atoms with van der Waals surface area (Å²) in [6.07, 6.45) is 4.15. The van der Waals surface area contributed by atoms with Gasteiger partial charge in [-0.15, -0.1) is 0 Å². The number of hydrogen-bond acceptors (Lipinski definition) is 5. The van der Waals surface area contributed by atoms with Crippen LogP contribution in [0.2, 0.25) is 0 Å². The minimum absolute atomic E-state index is 0.107. The second-order valence-corrected chi connectivity index (χ2v) is 10.2. The molecule has 3 aromatic rings. The predicted octanol–water partition coefficient (Wildman–Crippen LogP) is 4.83. The Morgan fingerprint density at radius 1 is 1.17 bits per heavy atom. The van der Waals surface area contributed by atoms with E-state index in [1.165, 1.54) is 17.4 Å². The Kier molecular flexibility index (Phi) is 6.81. The lowest BCUT2D eigenvalue weighted by atomic mass is 9.87. The van der Waals surface area contributed by atoms with Crippen molar-refractivity contribution in [3.8, 4) is 5.75 Å². The molecule has 5 rings (SSSR count). The average molecular weight is 488 g/mol. The summed E-state index contributed by atoms with van der Waals surface area (Å²) in [4.78, 5) is 31.7. The molecule has 7 nitrogen and oxygen atoms in total. The number of rotatable bonds is 8. The first-order valence-corrected chi connectivity index (χ1v) is 12.7. The van der Waals surface area contributed by atoms with Gasteiger partial charge >= 0.3 is 0 Å². The van der Waals surface area contributed by atoms with Gasteiger partial charge in [-0.3, -0.25) is 9.59 Å². The topological polar surface area (TPSA) is 84.7 Å². The SMILES string of the molecule is Cc1ccc([C@@H]2c3cc(OCc4nc(C(=O)NCC(C)C)co4)ccc3CCN2C(=O)C2CC2)cc1. The summed E-state index contributed by atoms with van der Waals surface area (Å²) < 4.78 is 11.5. The van der Waals surface area contributed by atoms with Crippen LogP contribution >= 0.6 is 0 Å². The van der Waals surface area contributed by atoms with E-state index in [4.69, 9.17) is 9.15 Å². The summed E-state index contributed by atoms with van der Waals surface area (Å²) >= 11 is 0. The van der Waals surface area contributed by atoms with Gasteiger partial charge in [-0.1, -0.05) is 49.7 Å². The number of nitrogens with one attached hydrogen (secondary N) is 1. The first-order valence-electron chi connectivity index (χ1n) is 12.7. The van der Waals surface area contributed by atoms with Crippen LogP contribution in [0, 0.1) is 18.8 Å². The molecule has 1 atom stereocenters. The van der Waals surface area contributed by atoms with Crippen LogP contribution in [0.1, 0.15) is 71.4 Å². The highest BCUT2D eigenvalue weighted by molar-refractivity contribution is 5.91. The molecule has 1 aliphatic heterocycles. The van der Waals surface area contributed by atoms with E-state index in [9.17, 15) is 9.59 Å². The molecule has 0 bridgehead atoms. The second-order valence-electron chi connectivity index (χ2n) is 10.2. The first-order chi connectivity index (χ1) is 17.4. The molecule has 2 aliphatic rings. The summed E-state index contributed by atoms with van der Waals surface area (Å²) in [5.74, 6) is 1.52. The van der Waals surface area contributed by atoms with Gasteiger partial charge in [-0.25, -0.2) is 4.98 Å². The molecule has 2 aromatic carbocycles. The molecular formula is C29H33N3O4. The number of ether oxygens (including phenoxy) is 1. The predicted molar refractivity (Wildman–Crippen MR) is 136 cm³/mol. The minimum Gasteiger partial charge on any atom is -0.484 e. The van der Waals surface area contributed by atoms with Crippen LogP contribution in [-0.4, -0.2) is 34.8 Å². The molecule has 1 N–H and O–H groups in total. The number of carbonyl (C=O) groups excluding carboxylic acids is 2. The largest absolute Gasteiger partial charge is 0.484 e. The van der Waals surface area contributed by atoms with Crippen molar-refractivity contribution in [2.24, 2.45) is 11.8 Å². The van der Waals surface area contributed by atoms with E-state index >= 15 is 0 Å². The highest BCUT2D eigenvalue weighted by Gasteiger charge is 2.39. The minimum atomic E-state index is -0.256. The van der Waals surface area contributed by atoms with Crippen LogP contribution in [-0.2, 0) is 17.8 Å². The Bertz CT molecular complexity index is 1240. The molecule has 2 amide bonds. The maximum atomic E-state index is 13.2. The number of benzene rings is 2. The van der Waals surface area contributed by atoms with E-state index in [0.717, 1.165) is 36.9 Å². The van der Waals surface area contributed by atoms with Crippen LogP contribution in [0.25, 0.3) is 0 Å². The van der Waals surface area contributed by atoms with Gasteiger partial charge in [0, 0.05) is 19.0 Å². The van der Waals surface area contributed by atoms with Crippen molar-refractivity contribution in [2.45, 2.75) is 52.7 Å². The van der Waals surface area contributed by atoms with Gasteiger partial charge in [-0.2, -0.15) is 0 Å². The molecule has 1 fully saturated rings. The quantitative estimate of drug-likeness (QED) is 0.492. The Morgan fingerprint density at radius 3 is 2.67 bits per heavy atom. The number of hydrogen-bond donors (Lipinski definition) is 1. The van der Waals surface area contributed by atoms with Crippen molar-refractivity contribution in [2.75, 3.05) is 13.1 Å². The van der Waals surface area contributed by atoms with Gasteiger partial charge in [0.2, 0.25) is 11.8 Å². The van der Waals surface area contributed by atoms with E-state index in [1.54, 1.807) is 0 Å². The molecule has 0 saturated heterocycles. The molecule has 0 radical (unpaired) electrons. The summed E-state index contributed by atoms with van der Waals surface area (Å²) in [6.45, 7) is 7.54. The summed E-state index contributed by atoms with van der Waals surface area (Å²) in [7, 11) is 0. The van der Waals surface area contributed by atoms with Gasteiger partial charge in [0.05, 0.1) is 6.04 Å². The number of amides is 2. The van der Waals surface area contributed by atoms with Gasteiger partial charge in [-0.05, 0) is 60.9 Å². The maximum Gasteiger partial charge on any atom is 0.273 e. The van der Waals surface area contributed by atoms with Crippen molar-refractivity contribution in [1.29, 1.82) is 0 Å². The Labute approximate surface area is 211 Å². The van der Waals surface area contributed by atoms with Gasteiger partial charge in [0.15, 0.2) is 12.3 Å². The summed E-state index contributed by atoms with van der Waals surface area (Å²) in [6, 6.07) is 14.4. The first kappa shape index (κ1) is 24.1. The molecule has 1 saturated carbocycles. The Balaban J connectivity index is 1.35. The number of carbonyl (C=O) groups is 2. The Hall–Kier alpha value is -3.61. The van der Waals surface area contributed by atoms with Crippen molar-refractivity contribution < 1.29 is 18.7 Å². The zero-order chi connectivity index (χ0) is 25.2. The number of fused-ring (bicyclic) bond motifs is 1. The molecule has 7 heteroatoms. The summed E-state index contributed by atoms with van der Waals surface area (Å²) in [5, 5.41) is 2.83. The number of aromatic nitrogens is 1. The third-order valence-electron chi connectivity index (χ3n) is 6.77. The average Bonchev–Trinajstić information content (AvgIpc) is 3.62. The lowest BCUT2D eigenvalue weighted by Crippen LogP contribution is -2.41. The van der Waals surface area contributed by atoms with E-state index in [0.29, 0.717) is 24.1 Å². The van der Waals surface area contributed by atoms with Crippen molar-refractivity contribution in [3.05, 3.63) is 82.6 Å². The molecular weight excluding hydrogens is 454 g/mol. The molecule has 2 heterocycles. The molecule has 1 aromatic heterocycles. The monoisotopic (exact) mass is 487 g/mol. The maximum absolute atomic E-state index is 13.2. The number of nitrogens with zero attached hydrogens (tertiary/aromatic N) is 2. The van der Waals surface area contributed by atoms with Crippen molar-refractivity contribution >= 4 is 11.8 Å². The van der Waals surface area contributed by atoms with Crippen LogP contribution in [0.15, 0.2) is 53.1 Å². The Morgan fingerprint density at radius 2 is 1.94 bits per heavy atom. The van der Waals surface area contributed by atoms with Crippen LogP contribution < -0.4 is 10.1 Å². The van der Waals surface area contributed by atoms with Crippen LogP contribution in [0.4, 0.5) is 0 Å². The molecule has 0 unspecified atom stereocenters. The fourth-order valence-corrected chi connectivity index (χ4v) is 4.61. The zero-order valence-corrected chi connectivity index (χ0v) is 21.1. The molecule has 0 spiro atoms. The van der Waals surface area contributed by atoms with Crippen molar-refractivity contribution in [3.63, 3.8) is 0 Å². The van der Waals surface area contributed by atoms with E-state index < -0.39 is 0 Å². The molecule has 1 aliphatic carbocycles. The van der Waals surface area contributed by atoms with Crippen LogP contribution in [0.3, 0.4) is 0 Å².